The molecule has 1 amide bonds. The van der Waals surface area contributed by atoms with Crippen LogP contribution in [0.2, 0.25) is 0 Å². The van der Waals surface area contributed by atoms with E-state index in [-0.39, 0.29) is 31.3 Å². The van der Waals surface area contributed by atoms with Gasteiger partial charge in [-0.3, -0.25) is 0 Å². The number of hydrogen-bond donors (Lipinski definition) is 2. The second-order valence-electron chi connectivity index (χ2n) is 4.88. The number of carbonyl (C=O) groups excluding carboxylic acids is 1. The number of benzene rings is 1. The van der Waals surface area contributed by atoms with E-state index in [4.69, 9.17) is 15.6 Å². The van der Waals surface area contributed by atoms with E-state index < -0.39 is 0 Å². The molecule has 0 aliphatic carbocycles. The van der Waals surface area contributed by atoms with E-state index in [0.29, 0.717) is 13.1 Å². The van der Waals surface area contributed by atoms with E-state index in [9.17, 15) is 4.79 Å². The highest BCUT2D eigenvalue weighted by Crippen LogP contribution is 2.16. The van der Waals surface area contributed by atoms with E-state index >= 15 is 0 Å². The Hall–Kier alpha value is -1.59. The molecule has 3 N–H and O–H groups in total. The molecule has 1 aliphatic rings. The third kappa shape index (κ3) is 3.68. The number of hydrogen-bond acceptors (Lipinski definition) is 4. The zero-order valence-corrected chi connectivity index (χ0v) is 10.9. The van der Waals surface area contributed by atoms with Crippen molar-refractivity contribution in [1.29, 1.82) is 0 Å². The number of piperidine rings is 1. The summed E-state index contributed by atoms with van der Waals surface area (Å²) in [7, 11) is 0. The van der Waals surface area contributed by atoms with Crippen molar-refractivity contribution in [2.45, 2.75) is 19.1 Å². The molecule has 1 aromatic rings. The third-order valence-electron chi connectivity index (χ3n) is 3.50. The predicted octanol–water partition coefficient (Wildman–Crippen LogP) is 0.965. The smallest absolute Gasteiger partial charge is 0.410 e. The largest absolute Gasteiger partial charge is 0.445 e. The lowest BCUT2D eigenvalue weighted by atomic mass is 9.93. The first-order chi connectivity index (χ1) is 9.20. The first kappa shape index (κ1) is 13.8. The monoisotopic (exact) mass is 264 g/mol. The number of nitrogens with zero attached hydrogens (tertiary/aromatic N) is 1. The fourth-order valence-electron chi connectivity index (χ4n) is 2.23. The highest BCUT2D eigenvalue weighted by molar-refractivity contribution is 5.67. The zero-order valence-electron chi connectivity index (χ0n) is 10.9. The molecule has 5 nitrogen and oxygen atoms in total. The second kappa shape index (κ2) is 6.54. The number of rotatable bonds is 3. The van der Waals surface area contributed by atoms with Gasteiger partial charge in [0.2, 0.25) is 0 Å². The maximum atomic E-state index is 11.9. The molecule has 0 bridgehead atoms. The van der Waals surface area contributed by atoms with Crippen molar-refractivity contribution in [3.05, 3.63) is 35.9 Å². The minimum atomic E-state index is -0.337. The minimum Gasteiger partial charge on any atom is -0.445 e. The Bertz CT molecular complexity index is 410. The summed E-state index contributed by atoms with van der Waals surface area (Å²) in [6.07, 6.45) is 0.383. The molecule has 0 radical (unpaired) electrons. The standard InChI is InChI=1S/C14H20N2O3/c15-13-8-16(7-6-12(13)9-17)14(18)19-10-11-4-2-1-3-5-11/h1-5,12-13,17H,6-10,15H2/t12-,13+/m0/s1. The normalized spacial score (nSPS) is 23.2. The first-order valence-corrected chi connectivity index (χ1v) is 6.52. The lowest BCUT2D eigenvalue weighted by Crippen LogP contribution is -2.51. The van der Waals surface area contributed by atoms with Gasteiger partial charge in [0.15, 0.2) is 0 Å². The van der Waals surface area contributed by atoms with Crippen LogP contribution in [0.5, 0.6) is 0 Å². The zero-order chi connectivity index (χ0) is 13.7. The Morgan fingerprint density at radius 3 is 2.79 bits per heavy atom. The quantitative estimate of drug-likeness (QED) is 0.852. The Balaban J connectivity index is 1.81. The Kier molecular flexibility index (Phi) is 4.76. The molecular formula is C14H20N2O3. The fraction of sp³-hybridized carbons (Fsp3) is 0.500. The summed E-state index contributed by atoms with van der Waals surface area (Å²) in [5.41, 5.74) is 6.88. The fourth-order valence-corrected chi connectivity index (χ4v) is 2.23. The van der Waals surface area contributed by atoms with E-state index in [1.807, 2.05) is 30.3 Å². The summed E-state index contributed by atoms with van der Waals surface area (Å²) < 4.78 is 5.25. The topological polar surface area (TPSA) is 75.8 Å². The molecular weight excluding hydrogens is 244 g/mol. The van der Waals surface area contributed by atoms with Gasteiger partial charge < -0.3 is 20.5 Å². The Morgan fingerprint density at radius 1 is 1.42 bits per heavy atom. The van der Waals surface area contributed by atoms with Crippen LogP contribution in [0.1, 0.15) is 12.0 Å². The number of carbonyl (C=O) groups is 1. The summed E-state index contributed by atoms with van der Waals surface area (Å²) in [5, 5.41) is 9.12. The average Bonchev–Trinajstić information content (AvgIpc) is 2.45. The van der Waals surface area contributed by atoms with Crippen LogP contribution in [0.3, 0.4) is 0 Å². The molecule has 1 saturated heterocycles. The van der Waals surface area contributed by atoms with Crippen LogP contribution in [0.25, 0.3) is 0 Å². The molecule has 0 spiro atoms. The van der Waals surface area contributed by atoms with Crippen LogP contribution in [-0.4, -0.2) is 41.8 Å². The predicted molar refractivity (Wildman–Crippen MR) is 71.4 cm³/mol. The minimum absolute atomic E-state index is 0.0775. The highest BCUT2D eigenvalue weighted by atomic mass is 16.6. The highest BCUT2D eigenvalue weighted by Gasteiger charge is 2.29. The first-order valence-electron chi connectivity index (χ1n) is 6.52. The van der Waals surface area contributed by atoms with E-state index in [2.05, 4.69) is 0 Å². The molecule has 1 aromatic carbocycles. The van der Waals surface area contributed by atoms with Crippen molar-refractivity contribution < 1.29 is 14.6 Å². The second-order valence-corrected chi connectivity index (χ2v) is 4.88. The van der Waals surface area contributed by atoms with Crippen molar-refractivity contribution >= 4 is 6.09 Å². The number of aliphatic hydroxyl groups excluding tert-OH is 1. The molecule has 0 saturated carbocycles. The van der Waals surface area contributed by atoms with Gasteiger partial charge in [-0.05, 0) is 12.0 Å². The Labute approximate surface area is 113 Å². The number of aliphatic hydroxyl groups is 1. The molecule has 1 heterocycles. The van der Waals surface area contributed by atoms with E-state index in [1.54, 1.807) is 4.90 Å². The lowest BCUT2D eigenvalue weighted by molar-refractivity contribution is 0.0665. The molecule has 1 aliphatic heterocycles. The molecule has 5 heteroatoms. The van der Waals surface area contributed by atoms with Crippen molar-refractivity contribution in [3.8, 4) is 0 Å². The molecule has 19 heavy (non-hydrogen) atoms. The number of amides is 1. The van der Waals surface area contributed by atoms with Crippen LogP contribution in [-0.2, 0) is 11.3 Å². The average molecular weight is 264 g/mol. The summed E-state index contributed by atoms with van der Waals surface area (Å²) in [5.74, 6) is 0.0816. The van der Waals surface area contributed by atoms with Crippen LogP contribution in [0.15, 0.2) is 30.3 Å². The number of likely N-dealkylation sites (tertiary alicyclic amines) is 1. The molecule has 2 rings (SSSR count). The Morgan fingerprint density at radius 2 is 2.16 bits per heavy atom. The van der Waals surface area contributed by atoms with Crippen LogP contribution >= 0.6 is 0 Å². The summed E-state index contributed by atoms with van der Waals surface area (Å²) >= 11 is 0. The maximum Gasteiger partial charge on any atom is 0.410 e. The molecule has 0 aromatic heterocycles. The van der Waals surface area contributed by atoms with Gasteiger partial charge in [-0.25, -0.2) is 4.79 Å². The van der Waals surface area contributed by atoms with Gasteiger partial charge in [-0.2, -0.15) is 0 Å². The number of ether oxygens (including phenoxy) is 1. The molecule has 2 atom stereocenters. The van der Waals surface area contributed by atoms with Crippen LogP contribution in [0, 0.1) is 5.92 Å². The van der Waals surface area contributed by atoms with Crippen molar-refractivity contribution in [2.24, 2.45) is 11.7 Å². The lowest BCUT2D eigenvalue weighted by Gasteiger charge is -2.35. The van der Waals surface area contributed by atoms with Gasteiger partial charge in [-0.1, -0.05) is 30.3 Å². The van der Waals surface area contributed by atoms with Gasteiger partial charge in [0.05, 0.1) is 0 Å². The van der Waals surface area contributed by atoms with E-state index in [1.165, 1.54) is 0 Å². The summed E-state index contributed by atoms with van der Waals surface area (Å²) in [6.45, 7) is 1.38. The molecule has 1 fully saturated rings. The van der Waals surface area contributed by atoms with Gasteiger partial charge >= 0.3 is 6.09 Å². The molecule has 104 valence electrons. The van der Waals surface area contributed by atoms with Crippen molar-refractivity contribution in [3.63, 3.8) is 0 Å². The van der Waals surface area contributed by atoms with Gasteiger partial charge in [-0.15, -0.1) is 0 Å². The van der Waals surface area contributed by atoms with Crippen LogP contribution < -0.4 is 5.73 Å². The summed E-state index contributed by atoms with van der Waals surface area (Å²) in [4.78, 5) is 13.5. The van der Waals surface area contributed by atoms with Gasteiger partial charge in [0.1, 0.15) is 6.61 Å². The number of nitrogens with two attached hydrogens (primary N) is 1. The summed E-state index contributed by atoms with van der Waals surface area (Å²) in [6, 6.07) is 9.39. The SMILES string of the molecule is N[C@@H]1CN(C(=O)OCc2ccccc2)CC[C@H]1CO. The van der Waals surface area contributed by atoms with E-state index in [0.717, 1.165) is 12.0 Å². The maximum absolute atomic E-state index is 11.9. The van der Waals surface area contributed by atoms with Crippen LogP contribution in [0.4, 0.5) is 4.79 Å². The molecule has 0 unspecified atom stereocenters. The van der Waals surface area contributed by atoms with Gasteiger partial charge in [0, 0.05) is 31.7 Å². The third-order valence-corrected chi connectivity index (χ3v) is 3.50. The van der Waals surface area contributed by atoms with Crippen molar-refractivity contribution in [1.82, 2.24) is 4.90 Å². The van der Waals surface area contributed by atoms with Gasteiger partial charge in [0.25, 0.3) is 0 Å². The van der Waals surface area contributed by atoms with Crippen molar-refractivity contribution in [2.75, 3.05) is 19.7 Å².